The Morgan fingerprint density at radius 3 is 2.53 bits per heavy atom. The summed E-state index contributed by atoms with van der Waals surface area (Å²) in [7, 11) is 1.97. The Labute approximate surface area is 111 Å². The predicted molar refractivity (Wildman–Crippen MR) is 76.1 cm³/mol. The van der Waals surface area contributed by atoms with Crippen LogP contribution in [0.4, 0.5) is 0 Å². The van der Waals surface area contributed by atoms with E-state index in [9.17, 15) is 0 Å². The summed E-state index contributed by atoms with van der Waals surface area (Å²) in [6, 6.07) is 10.7. The smallest absolute Gasteiger partial charge is 0.0683 e. The van der Waals surface area contributed by atoms with Crippen LogP contribution in [-0.4, -0.2) is 7.05 Å². The summed E-state index contributed by atoms with van der Waals surface area (Å²) >= 11 is 8.20. The number of rotatable bonds is 3. The van der Waals surface area contributed by atoms with Crippen molar-refractivity contribution in [2.75, 3.05) is 7.05 Å². The second-order valence-corrected chi connectivity index (χ2v) is 5.85. The van der Waals surface area contributed by atoms with Gasteiger partial charge in [-0.05, 0) is 44.2 Å². The van der Waals surface area contributed by atoms with Gasteiger partial charge in [0.25, 0.3) is 0 Å². The molecule has 0 fully saturated rings. The van der Waals surface area contributed by atoms with Crippen molar-refractivity contribution >= 4 is 22.9 Å². The number of halogens is 1. The summed E-state index contributed by atoms with van der Waals surface area (Å²) in [5.41, 5.74) is 2.27. The minimum atomic E-state index is 0.182. The molecule has 1 unspecified atom stereocenters. The maximum atomic E-state index is 6.39. The van der Waals surface area contributed by atoms with Gasteiger partial charge in [0.1, 0.15) is 0 Å². The normalized spacial score (nSPS) is 12.7. The molecule has 0 amide bonds. The largest absolute Gasteiger partial charge is 0.309 e. The van der Waals surface area contributed by atoms with Gasteiger partial charge in [0.15, 0.2) is 0 Å². The maximum Gasteiger partial charge on any atom is 0.0683 e. The van der Waals surface area contributed by atoms with Crippen molar-refractivity contribution in [3.8, 4) is 0 Å². The van der Waals surface area contributed by atoms with Crippen molar-refractivity contribution in [1.82, 2.24) is 5.32 Å². The van der Waals surface area contributed by atoms with E-state index in [-0.39, 0.29) is 6.04 Å². The molecule has 0 aliphatic rings. The van der Waals surface area contributed by atoms with Gasteiger partial charge in [0, 0.05) is 14.8 Å². The standard InChI is InChI=1S/C14H16ClNS/c1-9-5-4-6-11(13(9)15)14(16-3)12-8-7-10(2)17-12/h4-8,14,16H,1-3H3. The first-order chi connectivity index (χ1) is 8.13. The zero-order valence-corrected chi connectivity index (χ0v) is 11.8. The number of nitrogens with one attached hydrogen (secondary N) is 1. The van der Waals surface area contributed by atoms with Crippen molar-refractivity contribution in [2.45, 2.75) is 19.9 Å². The summed E-state index contributed by atoms with van der Waals surface area (Å²) in [6.07, 6.45) is 0. The Morgan fingerprint density at radius 1 is 1.18 bits per heavy atom. The predicted octanol–water partition coefficient (Wildman–Crippen LogP) is 4.33. The topological polar surface area (TPSA) is 12.0 Å². The molecule has 1 heterocycles. The van der Waals surface area contributed by atoms with Crippen LogP contribution >= 0.6 is 22.9 Å². The highest BCUT2D eigenvalue weighted by atomic mass is 35.5. The van der Waals surface area contributed by atoms with E-state index in [0.717, 1.165) is 16.1 Å². The quantitative estimate of drug-likeness (QED) is 0.871. The zero-order valence-electron chi connectivity index (χ0n) is 10.3. The molecule has 0 saturated heterocycles. The monoisotopic (exact) mass is 265 g/mol. The van der Waals surface area contributed by atoms with Gasteiger partial charge < -0.3 is 5.32 Å². The number of thiophene rings is 1. The summed E-state index contributed by atoms with van der Waals surface area (Å²) in [5, 5.41) is 4.20. The second kappa shape index (κ2) is 5.21. The first-order valence-electron chi connectivity index (χ1n) is 5.62. The maximum absolute atomic E-state index is 6.39. The van der Waals surface area contributed by atoms with Crippen LogP contribution in [0, 0.1) is 13.8 Å². The van der Waals surface area contributed by atoms with Crippen LogP contribution in [0.15, 0.2) is 30.3 Å². The van der Waals surface area contributed by atoms with E-state index in [1.807, 2.05) is 31.4 Å². The van der Waals surface area contributed by atoms with Gasteiger partial charge in [-0.3, -0.25) is 0 Å². The van der Waals surface area contributed by atoms with Gasteiger partial charge in [-0.25, -0.2) is 0 Å². The molecule has 1 atom stereocenters. The second-order valence-electron chi connectivity index (χ2n) is 4.15. The van der Waals surface area contributed by atoms with Crippen molar-refractivity contribution < 1.29 is 0 Å². The van der Waals surface area contributed by atoms with E-state index in [0.29, 0.717) is 0 Å². The van der Waals surface area contributed by atoms with Crippen LogP contribution in [0.3, 0.4) is 0 Å². The molecule has 1 aromatic carbocycles. The van der Waals surface area contributed by atoms with Gasteiger partial charge in [-0.1, -0.05) is 29.8 Å². The molecule has 1 N–H and O–H groups in total. The highest BCUT2D eigenvalue weighted by Gasteiger charge is 2.17. The van der Waals surface area contributed by atoms with Gasteiger partial charge in [0.05, 0.1) is 6.04 Å². The minimum absolute atomic E-state index is 0.182. The lowest BCUT2D eigenvalue weighted by molar-refractivity contribution is 0.703. The van der Waals surface area contributed by atoms with Crippen molar-refractivity contribution in [3.63, 3.8) is 0 Å². The van der Waals surface area contributed by atoms with E-state index < -0.39 is 0 Å². The number of hydrogen-bond acceptors (Lipinski definition) is 2. The van der Waals surface area contributed by atoms with Crippen molar-refractivity contribution in [3.05, 3.63) is 56.2 Å². The summed E-state index contributed by atoms with van der Waals surface area (Å²) in [5.74, 6) is 0. The van der Waals surface area contributed by atoms with E-state index >= 15 is 0 Å². The molecule has 2 rings (SSSR count). The first-order valence-corrected chi connectivity index (χ1v) is 6.81. The summed E-state index contributed by atoms with van der Waals surface area (Å²) in [4.78, 5) is 2.63. The molecule has 2 aromatic rings. The van der Waals surface area contributed by atoms with Crippen LogP contribution in [0.1, 0.15) is 26.9 Å². The molecular formula is C14H16ClNS. The fourth-order valence-electron chi connectivity index (χ4n) is 1.95. The van der Waals surface area contributed by atoms with Gasteiger partial charge in [-0.2, -0.15) is 0 Å². The molecule has 3 heteroatoms. The Kier molecular flexibility index (Phi) is 3.87. The SMILES string of the molecule is CNC(c1ccc(C)s1)c1cccc(C)c1Cl. The number of hydrogen-bond donors (Lipinski definition) is 1. The third kappa shape index (κ3) is 2.54. The Bertz CT molecular complexity index is 519. The summed E-state index contributed by atoms with van der Waals surface area (Å²) in [6.45, 7) is 4.16. The third-order valence-corrected chi connectivity index (χ3v) is 4.45. The Hall–Kier alpha value is -0.830. The molecule has 0 radical (unpaired) electrons. The average molecular weight is 266 g/mol. The molecule has 1 nitrogen and oxygen atoms in total. The van der Waals surface area contributed by atoms with Gasteiger partial charge in [-0.15, -0.1) is 11.3 Å². The average Bonchev–Trinajstić information content (AvgIpc) is 2.72. The fraction of sp³-hybridized carbons (Fsp3) is 0.286. The Balaban J connectivity index is 2.45. The zero-order chi connectivity index (χ0) is 12.4. The minimum Gasteiger partial charge on any atom is -0.309 e. The first kappa shape index (κ1) is 12.6. The van der Waals surface area contributed by atoms with E-state index in [2.05, 4.69) is 36.5 Å². The van der Waals surface area contributed by atoms with Crippen LogP contribution in [0.5, 0.6) is 0 Å². The molecule has 0 saturated carbocycles. The van der Waals surface area contributed by atoms with Gasteiger partial charge in [0.2, 0.25) is 0 Å². The fourth-order valence-corrected chi connectivity index (χ4v) is 3.19. The van der Waals surface area contributed by atoms with E-state index in [1.54, 1.807) is 0 Å². The lowest BCUT2D eigenvalue weighted by Gasteiger charge is -2.17. The number of aryl methyl sites for hydroxylation is 2. The van der Waals surface area contributed by atoms with Gasteiger partial charge >= 0.3 is 0 Å². The third-order valence-electron chi connectivity index (χ3n) is 2.87. The van der Waals surface area contributed by atoms with Crippen LogP contribution in [-0.2, 0) is 0 Å². The molecule has 0 spiro atoms. The van der Waals surface area contributed by atoms with Crippen LogP contribution in [0.2, 0.25) is 5.02 Å². The molecule has 1 aromatic heterocycles. The molecule has 0 bridgehead atoms. The molecule has 90 valence electrons. The highest BCUT2D eigenvalue weighted by Crippen LogP contribution is 2.33. The summed E-state index contributed by atoms with van der Waals surface area (Å²) < 4.78 is 0. The Morgan fingerprint density at radius 2 is 1.94 bits per heavy atom. The number of benzene rings is 1. The highest BCUT2D eigenvalue weighted by molar-refractivity contribution is 7.12. The lowest BCUT2D eigenvalue weighted by Crippen LogP contribution is -2.17. The van der Waals surface area contributed by atoms with Crippen LogP contribution in [0.25, 0.3) is 0 Å². The van der Waals surface area contributed by atoms with Crippen molar-refractivity contribution in [2.24, 2.45) is 0 Å². The molecular weight excluding hydrogens is 250 g/mol. The lowest BCUT2D eigenvalue weighted by atomic mass is 10.0. The van der Waals surface area contributed by atoms with Crippen molar-refractivity contribution in [1.29, 1.82) is 0 Å². The van der Waals surface area contributed by atoms with E-state index in [4.69, 9.17) is 11.6 Å². The van der Waals surface area contributed by atoms with Crippen LogP contribution < -0.4 is 5.32 Å². The molecule has 17 heavy (non-hydrogen) atoms. The molecule has 0 aliphatic heterocycles. The van der Waals surface area contributed by atoms with E-state index in [1.165, 1.54) is 9.75 Å². The molecule has 0 aliphatic carbocycles.